The van der Waals surface area contributed by atoms with Crippen molar-refractivity contribution < 1.29 is 19.1 Å². The highest BCUT2D eigenvalue weighted by atomic mass is 35.5. The Morgan fingerprint density at radius 2 is 1.84 bits per heavy atom. The van der Waals surface area contributed by atoms with Crippen LogP contribution in [0.4, 0.5) is 10.5 Å². The molecule has 2 aromatic carbocycles. The Hall–Kier alpha value is -3.43. The molecule has 9 nitrogen and oxygen atoms in total. The highest BCUT2D eigenvalue weighted by molar-refractivity contribution is 6.46. The van der Waals surface area contributed by atoms with Gasteiger partial charge in [-0.15, -0.1) is 0 Å². The number of nitrogens with one attached hydrogen (secondary N) is 2. The zero-order valence-electron chi connectivity index (χ0n) is 17.1. The van der Waals surface area contributed by atoms with E-state index >= 15 is 0 Å². The van der Waals surface area contributed by atoms with Crippen molar-refractivity contribution in [2.75, 3.05) is 0 Å². The minimum atomic E-state index is -0.835. The van der Waals surface area contributed by atoms with E-state index in [2.05, 4.69) is 20.6 Å². The molecule has 0 unspecified atom stereocenters. The van der Waals surface area contributed by atoms with Crippen molar-refractivity contribution in [3.8, 4) is 0 Å². The molecule has 2 aromatic rings. The number of carbonyl (C=O) groups is 3. The van der Waals surface area contributed by atoms with E-state index < -0.39 is 17.9 Å². The second kappa shape index (κ2) is 10.3. The molecular weight excluding hydrogens is 457 g/mol. The zero-order valence-corrected chi connectivity index (χ0v) is 18.6. The second-order valence-corrected chi connectivity index (χ2v) is 7.69. The van der Waals surface area contributed by atoms with Crippen LogP contribution in [0.5, 0.6) is 0 Å². The number of nitrogens with zero attached hydrogens (tertiary/aromatic N) is 3. The third kappa shape index (κ3) is 5.83. The first kappa shape index (κ1) is 23.2. The summed E-state index contributed by atoms with van der Waals surface area (Å²) < 4.78 is 5.20. The van der Waals surface area contributed by atoms with Crippen molar-refractivity contribution in [3.05, 3.63) is 64.1 Å². The van der Waals surface area contributed by atoms with Crippen molar-refractivity contribution in [1.82, 2.24) is 15.5 Å². The van der Waals surface area contributed by atoms with Gasteiger partial charge < -0.3 is 4.74 Å². The Bertz CT molecular complexity index is 1100. The first-order chi connectivity index (χ1) is 15.2. The van der Waals surface area contributed by atoms with Crippen LogP contribution in [0.2, 0.25) is 10.0 Å². The van der Waals surface area contributed by atoms with Crippen LogP contribution in [0, 0.1) is 0 Å². The van der Waals surface area contributed by atoms with Gasteiger partial charge in [0.15, 0.2) is 0 Å². The van der Waals surface area contributed by atoms with Crippen LogP contribution in [0.3, 0.4) is 0 Å². The number of amides is 3. The highest BCUT2D eigenvalue weighted by Crippen LogP contribution is 2.26. The molecule has 0 atom stereocenters. The average Bonchev–Trinajstić information content (AvgIpc) is 3.03. The summed E-state index contributed by atoms with van der Waals surface area (Å²) in [5.41, 5.74) is 1.12. The molecule has 1 aliphatic heterocycles. The predicted molar refractivity (Wildman–Crippen MR) is 121 cm³/mol. The first-order valence-corrected chi connectivity index (χ1v) is 10.2. The van der Waals surface area contributed by atoms with E-state index in [9.17, 15) is 14.4 Å². The number of ether oxygens (including phenoxy) is 1. The van der Waals surface area contributed by atoms with Crippen LogP contribution < -0.4 is 10.6 Å². The molecule has 1 aliphatic rings. The minimum absolute atomic E-state index is 0.0244. The van der Waals surface area contributed by atoms with Gasteiger partial charge in [-0.2, -0.15) is 4.99 Å². The number of hydrogen-bond acceptors (Lipinski definition) is 5. The maximum atomic E-state index is 12.4. The van der Waals surface area contributed by atoms with Gasteiger partial charge in [-0.25, -0.2) is 9.79 Å². The molecule has 0 bridgehead atoms. The molecule has 166 valence electrons. The van der Waals surface area contributed by atoms with Crippen molar-refractivity contribution in [1.29, 1.82) is 0 Å². The van der Waals surface area contributed by atoms with Gasteiger partial charge in [-0.1, -0.05) is 53.5 Å². The SMILES string of the molecule is CC(C)N1C(=O)C(=O)NC1=NC(=Nc1ccc(Cl)c(Cl)c1)NC(=O)OCc1ccccc1. The molecule has 2 N–H and O–H groups in total. The van der Waals surface area contributed by atoms with E-state index in [1.165, 1.54) is 12.1 Å². The third-order valence-corrected chi connectivity index (χ3v) is 4.90. The number of carbonyl (C=O) groups excluding carboxylic acids is 3. The summed E-state index contributed by atoms with van der Waals surface area (Å²) in [6.07, 6.45) is -0.830. The number of hydrogen-bond donors (Lipinski definition) is 2. The molecule has 0 aromatic heterocycles. The fourth-order valence-electron chi connectivity index (χ4n) is 2.69. The number of guanidine groups is 2. The lowest BCUT2D eigenvalue weighted by Gasteiger charge is -2.19. The lowest BCUT2D eigenvalue weighted by molar-refractivity contribution is -0.140. The summed E-state index contributed by atoms with van der Waals surface area (Å²) in [6.45, 7) is 3.45. The molecule has 3 rings (SSSR count). The largest absolute Gasteiger partial charge is 0.444 e. The van der Waals surface area contributed by atoms with Crippen LogP contribution in [0.25, 0.3) is 0 Å². The Morgan fingerprint density at radius 1 is 1.12 bits per heavy atom. The van der Waals surface area contributed by atoms with Gasteiger partial charge in [0.2, 0.25) is 11.9 Å². The standard InChI is InChI=1S/C21H19Cl2N5O4/c1-12(2)28-18(30)17(29)25-20(28)26-19(24-14-8-9-15(22)16(23)10-14)27-21(31)32-11-13-6-4-3-5-7-13/h3-10,12H,11H2,1-2H3,(H2,24,25,26,27,29,31). The van der Waals surface area contributed by atoms with Gasteiger partial charge in [-0.3, -0.25) is 25.1 Å². The average molecular weight is 476 g/mol. The van der Waals surface area contributed by atoms with Gasteiger partial charge in [0.1, 0.15) is 6.61 Å². The number of aliphatic imine (C=N–C) groups is 2. The van der Waals surface area contributed by atoms with Gasteiger partial charge in [-0.05, 0) is 37.6 Å². The Balaban J connectivity index is 1.88. The van der Waals surface area contributed by atoms with Crippen LogP contribution in [-0.4, -0.2) is 40.8 Å². The first-order valence-electron chi connectivity index (χ1n) is 9.49. The lowest BCUT2D eigenvalue weighted by atomic mass is 10.2. The predicted octanol–water partition coefficient (Wildman–Crippen LogP) is 3.63. The van der Waals surface area contributed by atoms with E-state index in [4.69, 9.17) is 27.9 Å². The van der Waals surface area contributed by atoms with Crippen LogP contribution >= 0.6 is 23.2 Å². The van der Waals surface area contributed by atoms with E-state index in [0.717, 1.165) is 10.5 Å². The summed E-state index contributed by atoms with van der Waals surface area (Å²) >= 11 is 12.0. The lowest BCUT2D eigenvalue weighted by Crippen LogP contribution is -2.40. The Labute approximate surface area is 194 Å². The molecule has 1 heterocycles. The third-order valence-electron chi connectivity index (χ3n) is 4.16. The van der Waals surface area contributed by atoms with Gasteiger partial charge >= 0.3 is 17.9 Å². The Kier molecular flexibility index (Phi) is 7.45. The topological polar surface area (TPSA) is 112 Å². The number of rotatable bonds is 4. The molecule has 0 spiro atoms. The zero-order chi connectivity index (χ0) is 23.3. The van der Waals surface area contributed by atoms with E-state index in [0.29, 0.717) is 10.7 Å². The summed E-state index contributed by atoms with van der Waals surface area (Å²) in [5.74, 6) is -1.90. The van der Waals surface area contributed by atoms with Crippen molar-refractivity contribution >= 4 is 58.7 Å². The molecule has 0 radical (unpaired) electrons. The molecule has 32 heavy (non-hydrogen) atoms. The van der Waals surface area contributed by atoms with Gasteiger partial charge in [0.05, 0.1) is 15.7 Å². The smallest absolute Gasteiger partial charge is 0.414 e. The monoisotopic (exact) mass is 475 g/mol. The second-order valence-electron chi connectivity index (χ2n) is 6.88. The van der Waals surface area contributed by atoms with E-state index in [-0.39, 0.29) is 29.6 Å². The van der Waals surface area contributed by atoms with Crippen LogP contribution in [-0.2, 0) is 20.9 Å². The molecule has 0 aliphatic carbocycles. The number of halogens is 2. The fourth-order valence-corrected chi connectivity index (χ4v) is 2.98. The fraction of sp³-hybridized carbons (Fsp3) is 0.190. The summed E-state index contributed by atoms with van der Waals surface area (Å²) in [7, 11) is 0. The summed E-state index contributed by atoms with van der Waals surface area (Å²) in [5, 5.41) is 5.37. The molecule has 1 fully saturated rings. The van der Waals surface area contributed by atoms with E-state index in [1.54, 1.807) is 32.0 Å². The maximum absolute atomic E-state index is 12.4. The van der Waals surface area contributed by atoms with Crippen molar-refractivity contribution in [2.45, 2.75) is 26.5 Å². The molecule has 3 amide bonds. The maximum Gasteiger partial charge on any atom is 0.414 e. The van der Waals surface area contributed by atoms with E-state index in [1.807, 2.05) is 18.2 Å². The normalized spacial score (nSPS) is 15.3. The highest BCUT2D eigenvalue weighted by Gasteiger charge is 2.37. The molecule has 11 heteroatoms. The molecular formula is C21H19Cl2N5O4. The number of benzene rings is 2. The number of alkyl carbamates (subject to hydrolysis) is 1. The van der Waals surface area contributed by atoms with Crippen LogP contribution in [0.1, 0.15) is 19.4 Å². The van der Waals surface area contributed by atoms with Crippen molar-refractivity contribution in [2.24, 2.45) is 9.98 Å². The van der Waals surface area contributed by atoms with Gasteiger partial charge in [0.25, 0.3) is 0 Å². The van der Waals surface area contributed by atoms with Gasteiger partial charge in [0, 0.05) is 6.04 Å². The van der Waals surface area contributed by atoms with Crippen LogP contribution in [0.15, 0.2) is 58.5 Å². The van der Waals surface area contributed by atoms with Crippen molar-refractivity contribution in [3.63, 3.8) is 0 Å². The molecule has 0 saturated carbocycles. The Morgan fingerprint density at radius 3 is 2.50 bits per heavy atom. The molecule has 1 saturated heterocycles. The summed E-state index contributed by atoms with van der Waals surface area (Å²) in [6, 6.07) is 13.3. The quantitative estimate of drug-likeness (QED) is 0.399. The summed E-state index contributed by atoms with van der Waals surface area (Å²) in [4.78, 5) is 45.9. The minimum Gasteiger partial charge on any atom is -0.444 e.